The quantitative estimate of drug-likeness (QED) is 0.549. The van der Waals surface area contributed by atoms with Crippen LogP contribution in [0.1, 0.15) is 5.69 Å². The molecule has 0 N–H and O–H groups in total. The number of hydrogen-bond acceptors (Lipinski definition) is 4. The van der Waals surface area contributed by atoms with Gasteiger partial charge in [-0.15, -0.1) is 11.3 Å². The largest absolute Gasteiger partial charge is 0.378 e. The average Bonchev–Trinajstić information content (AvgIpc) is 2.63. The van der Waals surface area contributed by atoms with E-state index in [0.29, 0.717) is 0 Å². The van der Waals surface area contributed by atoms with E-state index in [1.165, 1.54) is 0 Å². The molecule has 1 saturated heterocycles. The van der Waals surface area contributed by atoms with E-state index in [1.54, 1.807) is 11.3 Å². The van der Waals surface area contributed by atoms with Crippen LogP contribution < -0.4 is 0 Å². The van der Waals surface area contributed by atoms with Crippen molar-refractivity contribution in [1.82, 2.24) is 9.88 Å². The van der Waals surface area contributed by atoms with Gasteiger partial charge in [0.1, 0.15) is 0 Å². The third-order valence-corrected chi connectivity index (χ3v) is 2.85. The minimum absolute atomic E-state index is 0.795. The van der Waals surface area contributed by atoms with Crippen LogP contribution in [-0.2, 0) is 4.74 Å². The van der Waals surface area contributed by atoms with Gasteiger partial charge in [-0.2, -0.15) is 0 Å². The third kappa shape index (κ3) is 2.52. The Hall–Kier alpha value is -0.940. The highest BCUT2D eigenvalue weighted by Crippen LogP contribution is 2.17. The molecule has 14 heavy (non-hydrogen) atoms. The summed E-state index contributed by atoms with van der Waals surface area (Å²) in [5.74, 6) is 0. The van der Waals surface area contributed by atoms with Crippen molar-refractivity contribution in [3.63, 3.8) is 0 Å². The normalized spacial score (nSPS) is 17.9. The molecule has 1 aromatic rings. The highest BCUT2D eigenvalue weighted by atomic mass is 32.1. The van der Waals surface area contributed by atoms with Crippen LogP contribution in [0, 0.1) is 6.92 Å². The maximum Gasteiger partial charge on any atom is 0.210 e. The number of thiazole rings is 1. The Morgan fingerprint density at radius 2 is 2.36 bits per heavy atom. The van der Waals surface area contributed by atoms with Gasteiger partial charge in [-0.05, 0) is 6.92 Å². The maximum atomic E-state index is 5.24. The number of morpholine rings is 1. The number of rotatable bonds is 2. The first-order chi connectivity index (χ1) is 6.84. The Kier molecular flexibility index (Phi) is 3.10. The van der Waals surface area contributed by atoms with Crippen LogP contribution in [0.2, 0.25) is 0 Å². The van der Waals surface area contributed by atoms with Gasteiger partial charge in [0.2, 0.25) is 5.13 Å². The van der Waals surface area contributed by atoms with Crippen LogP contribution in [0.3, 0.4) is 0 Å². The fourth-order valence-corrected chi connectivity index (χ4v) is 1.86. The van der Waals surface area contributed by atoms with Gasteiger partial charge >= 0.3 is 0 Å². The van der Waals surface area contributed by atoms with Gasteiger partial charge in [-0.3, -0.25) is 0 Å². The maximum absolute atomic E-state index is 5.24. The van der Waals surface area contributed by atoms with Crippen LogP contribution in [0.5, 0.6) is 0 Å². The third-order valence-electron chi connectivity index (χ3n) is 1.98. The Morgan fingerprint density at radius 3 is 3.00 bits per heavy atom. The molecule has 1 aromatic heterocycles. The second-order valence-corrected chi connectivity index (χ2v) is 4.00. The molecule has 0 aromatic carbocycles. The molecule has 0 saturated carbocycles. The van der Waals surface area contributed by atoms with Crippen LogP contribution in [0.4, 0.5) is 5.13 Å². The van der Waals surface area contributed by atoms with Crippen molar-refractivity contribution in [3.8, 4) is 0 Å². The molecule has 0 unspecified atom stereocenters. The Morgan fingerprint density at radius 1 is 1.57 bits per heavy atom. The van der Waals surface area contributed by atoms with E-state index in [-0.39, 0.29) is 0 Å². The highest BCUT2D eigenvalue weighted by Gasteiger charge is 2.05. The monoisotopic (exact) mass is 211 g/mol. The molecule has 4 nitrogen and oxygen atoms in total. The molecule has 0 atom stereocenters. The van der Waals surface area contributed by atoms with E-state index < -0.39 is 0 Å². The van der Waals surface area contributed by atoms with Gasteiger partial charge in [0.15, 0.2) is 0 Å². The zero-order chi connectivity index (χ0) is 9.80. The molecule has 2 heterocycles. The number of aryl methyl sites for hydroxylation is 1. The molecule has 1 fully saturated rings. The number of aromatic nitrogens is 1. The van der Waals surface area contributed by atoms with Crippen LogP contribution >= 0.6 is 11.3 Å². The Balaban J connectivity index is 1.92. The zero-order valence-electron chi connectivity index (χ0n) is 8.14. The predicted molar refractivity (Wildman–Crippen MR) is 57.4 cm³/mol. The van der Waals surface area contributed by atoms with Gasteiger partial charge in [0, 0.05) is 18.5 Å². The lowest BCUT2D eigenvalue weighted by Gasteiger charge is -2.23. The summed E-state index contributed by atoms with van der Waals surface area (Å²) in [6.45, 7) is 5.41. The number of aliphatic imine (C=N–C) groups is 1. The van der Waals surface area contributed by atoms with E-state index in [2.05, 4.69) is 14.9 Å². The standard InChI is InChI=1S/C9H13N3OS/c1-8-6-14-9(11-8)10-7-12-2-4-13-5-3-12/h6-7H,2-5H2,1H3/b10-7+. The van der Waals surface area contributed by atoms with Crippen molar-refractivity contribution in [2.24, 2.45) is 4.99 Å². The Bertz CT molecular complexity index is 318. The average molecular weight is 211 g/mol. The lowest BCUT2D eigenvalue weighted by atomic mass is 10.5. The molecule has 0 radical (unpaired) electrons. The van der Waals surface area contributed by atoms with Crippen LogP contribution in [0.25, 0.3) is 0 Å². The van der Waals surface area contributed by atoms with E-state index >= 15 is 0 Å². The number of nitrogens with zero attached hydrogens (tertiary/aromatic N) is 3. The van der Waals surface area contributed by atoms with Crippen molar-refractivity contribution in [1.29, 1.82) is 0 Å². The van der Waals surface area contributed by atoms with Crippen LogP contribution in [-0.4, -0.2) is 42.5 Å². The molecule has 0 amide bonds. The van der Waals surface area contributed by atoms with Gasteiger partial charge < -0.3 is 9.64 Å². The molecule has 0 bridgehead atoms. The number of hydrogen-bond donors (Lipinski definition) is 0. The van der Waals surface area contributed by atoms with Gasteiger partial charge in [-0.25, -0.2) is 9.98 Å². The fraction of sp³-hybridized carbons (Fsp3) is 0.556. The lowest BCUT2D eigenvalue weighted by Crippen LogP contribution is -2.34. The second-order valence-electron chi connectivity index (χ2n) is 3.16. The number of ether oxygens (including phenoxy) is 1. The molecule has 5 heteroatoms. The topological polar surface area (TPSA) is 37.7 Å². The molecule has 76 valence electrons. The molecule has 2 rings (SSSR count). The van der Waals surface area contributed by atoms with E-state index in [1.807, 2.05) is 18.6 Å². The lowest BCUT2D eigenvalue weighted by molar-refractivity contribution is 0.0701. The van der Waals surface area contributed by atoms with E-state index in [9.17, 15) is 0 Å². The van der Waals surface area contributed by atoms with Crippen molar-refractivity contribution in [2.45, 2.75) is 6.92 Å². The molecule has 1 aliphatic rings. The highest BCUT2D eigenvalue weighted by molar-refractivity contribution is 7.13. The van der Waals surface area contributed by atoms with E-state index in [4.69, 9.17) is 4.74 Å². The molecule has 1 aliphatic heterocycles. The zero-order valence-corrected chi connectivity index (χ0v) is 8.96. The van der Waals surface area contributed by atoms with Gasteiger partial charge in [0.05, 0.1) is 25.2 Å². The van der Waals surface area contributed by atoms with Crippen molar-refractivity contribution in [3.05, 3.63) is 11.1 Å². The summed E-state index contributed by atoms with van der Waals surface area (Å²) in [4.78, 5) is 10.7. The Labute approximate surface area is 87.2 Å². The van der Waals surface area contributed by atoms with Crippen molar-refractivity contribution >= 4 is 22.8 Å². The summed E-state index contributed by atoms with van der Waals surface area (Å²) in [7, 11) is 0. The SMILES string of the molecule is Cc1csc(/N=C/N2CCOCC2)n1. The van der Waals surface area contributed by atoms with Gasteiger partial charge in [0.25, 0.3) is 0 Å². The summed E-state index contributed by atoms with van der Waals surface area (Å²) in [6.07, 6.45) is 1.86. The first-order valence-corrected chi connectivity index (χ1v) is 5.51. The smallest absolute Gasteiger partial charge is 0.210 e. The molecule has 0 aliphatic carbocycles. The predicted octanol–water partition coefficient (Wildman–Crippen LogP) is 1.44. The molecule has 0 spiro atoms. The van der Waals surface area contributed by atoms with Crippen LogP contribution in [0.15, 0.2) is 10.4 Å². The second kappa shape index (κ2) is 4.52. The summed E-state index contributed by atoms with van der Waals surface area (Å²) >= 11 is 1.57. The summed E-state index contributed by atoms with van der Waals surface area (Å²) in [5.41, 5.74) is 1.03. The first-order valence-electron chi connectivity index (χ1n) is 4.63. The van der Waals surface area contributed by atoms with E-state index in [0.717, 1.165) is 37.1 Å². The molecular formula is C9H13N3OS. The van der Waals surface area contributed by atoms with Crippen molar-refractivity contribution in [2.75, 3.05) is 26.3 Å². The minimum Gasteiger partial charge on any atom is -0.378 e. The fourth-order valence-electron chi connectivity index (χ4n) is 1.22. The van der Waals surface area contributed by atoms with Gasteiger partial charge in [-0.1, -0.05) is 0 Å². The summed E-state index contributed by atoms with van der Waals surface area (Å²) < 4.78 is 5.24. The first kappa shape index (κ1) is 9.61. The van der Waals surface area contributed by atoms with Crippen molar-refractivity contribution < 1.29 is 4.74 Å². The summed E-state index contributed by atoms with van der Waals surface area (Å²) in [5, 5.41) is 2.83. The molecular weight excluding hydrogens is 198 g/mol. The summed E-state index contributed by atoms with van der Waals surface area (Å²) in [6, 6.07) is 0. The minimum atomic E-state index is 0.795.